The third-order valence-electron chi connectivity index (χ3n) is 3.76. The van der Waals surface area contributed by atoms with E-state index < -0.39 is 14.6 Å². The Morgan fingerprint density at radius 2 is 1.84 bits per heavy atom. The summed E-state index contributed by atoms with van der Waals surface area (Å²) in [6.45, 7) is 5.87. The first-order valence-electron chi connectivity index (χ1n) is 8.02. The van der Waals surface area contributed by atoms with Gasteiger partial charge in [0, 0.05) is 31.8 Å². The number of hydrogen-bond donors (Lipinski definition) is 2. The molecule has 7 nitrogen and oxygen atoms in total. The normalized spacial score (nSPS) is 12.6. The largest absolute Gasteiger partial charge is 0.497 e. The fourth-order valence-corrected chi connectivity index (χ4v) is 2.99. The van der Waals surface area contributed by atoms with E-state index in [1.807, 2.05) is 18.2 Å². The van der Waals surface area contributed by atoms with Crippen LogP contribution in [0.3, 0.4) is 0 Å². The first-order valence-corrected chi connectivity index (χ1v) is 9.67. The van der Waals surface area contributed by atoms with Crippen LogP contribution in [0, 0.1) is 0 Å². The van der Waals surface area contributed by atoms with Crippen molar-refractivity contribution in [3.8, 4) is 11.5 Å². The van der Waals surface area contributed by atoms with E-state index in [0.29, 0.717) is 24.8 Å². The van der Waals surface area contributed by atoms with E-state index in [1.54, 1.807) is 42.0 Å². The fourth-order valence-electron chi connectivity index (χ4n) is 2.01. The Kier molecular flexibility index (Phi) is 7.54. The van der Waals surface area contributed by atoms with Gasteiger partial charge in [-0.15, -0.1) is 0 Å². The Bertz CT molecular complexity index is 694. The number of methoxy groups -OCH3 is 2. The zero-order valence-corrected chi connectivity index (χ0v) is 16.7. The quantitative estimate of drug-likeness (QED) is 0.559. The van der Waals surface area contributed by atoms with Gasteiger partial charge in [0.25, 0.3) is 0 Å². The lowest BCUT2D eigenvalue weighted by molar-refractivity contribution is 0.390. The van der Waals surface area contributed by atoms with Gasteiger partial charge in [-0.2, -0.15) is 0 Å². The molecule has 0 unspecified atom stereocenters. The first kappa shape index (κ1) is 21.1. The number of ether oxygens (including phenoxy) is 2. The second-order valence-electron chi connectivity index (χ2n) is 6.46. The predicted octanol–water partition coefficient (Wildman–Crippen LogP) is 1.58. The number of rotatable bonds is 7. The van der Waals surface area contributed by atoms with Crippen molar-refractivity contribution in [1.82, 2.24) is 10.6 Å². The van der Waals surface area contributed by atoms with E-state index in [2.05, 4.69) is 15.6 Å². The molecule has 0 heterocycles. The van der Waals surface area contributed by atoms with Gasteiger partial charge in [-0.3, -0.25) is 4.99 Å². The summed E-state index contributed by atoms with van der Waals surface area (Å²) < 4.78 is 34.0. The zero-order chi connectivity index (χ0) is 19.1. The van der Waals surface area contributed by atoms with Gasteiger partial charge in [0.05, 0.1) is 24.7 Å². The molecule has 0 amide bonds. The van der Waals surface area contributed by atoms with E-state index in [1.165, 1.54) is 0 Å². The predicted molar refractivity (Wildman–Crippen MR) is 101 cm³/mol. The van der Waals surface area contributed by atoms with Crippen LogP contribution in [0.25, 0.3) is 0 Å². The summed E-state index contributed by atoms with van der Waals surface area (Å²) in [5.41, 5.74) is 0.938. The molecule has 0 bridgehead atoms. The van der Waals surface area contributed by atoms with Crippen molar-refractivity contribution in [2.75, 3.05) is 33.6 Å². The number of nitrogens with one attached hydrogen (secondary N) is 2. The van der Waals surface area contributed by atoms with Crippen LogP contribution in [0.5, 0.6) is 11.5 Å². The van der Waals surface area contributed by atoms with Gasteiger partial charge in [0.15, 0.2) is 15.8 Å². The van der Waals surface area contributed by atoms with Crippen molar-refractivity contribution in [2.24, 2.45) is 4.99 Å². The van der Waals surface area contributed by atoms with Crippen LogP contribution < -0.4 is 20.1 Å². The highest BCUT2D eigenvalue weighted by Crippen LogP contribution is 2.24. The molecule has 0 saturated heterocycles. The van der Waals surface area contributed by atoms with Crippen LogP contribution in [0.4, 0.5) is 0 Å². The molecule has 0 aliphatic rings. The fraction of sp³-hybridized carbons (Fsp3) is 0.588. The van der Waals surface area contributed by atoms with Gasteiger partial charge >= 0.3 is 0 Å². The van der Waals surface area contributed by atoms with Crippen molar-refractivity contribution in [1.29, 1.82) is 0 Å². The summed E-state index contributed by atoms with van der Waals surface area (Å²) in [6.07, 6.45) is 0. The molecule has 0 radical (unpaired) electrons. The van der Waals surface area contributed by atoms with Gasteiger partial charge in [-0.25, -0.2) is 8.42 Å². The van der Waals surface area contributed by atoms with Crippen molar-refractivity contribution in [3.05, 3.63) is 23.8 Å². The van der Waals surface area contributed by atoms with Crippen molar-refractivity contribution in [3.63, 3.8) is 0 Å². The second-order valence-corrected chi connectivity index (χ2v) is 9.32. The van der Waals surface area contributed by atoms with Crippen LogP contribution in [-0.4, -0.2) is 52.7 Å². The lowest BCUT2D eigenvalue weighted by Gasteiger charge is -2.20. The van der Waals surface area contributed by atoms with Crippen LogP contribution in [-0.2, 0) is 16.4 Å². The number of hydrogen-bond acceptors (Lipinski definition) is 5. The minimum atomic E-state index is -3.17. The van der Waals surface area contributed by atoms with Crippen molar-refractivity contribution >= 4 is 15.8 Å². The van der Waals surface area contributed by atoms with Crippen LogP contribution in [0.15, 0.2) is 23.2 Å². The number of sulfone groups is 1. The summed E-state index contributed by atoms with van der Waals surface area (Å²) >= 11 is 0. The number of benzene rings is 1. The SMILES string of the molecule is CN=C(NCCS(=O)(=O)C(C)(C)C)NCc1ccc(OC)cc1OC. The number of nitrogens with zero attached hydrogens (tertiary/aromatic N) is 1. The number of guanidine groups is 1. The van der Waals surface area contributed by atoms with Crippen LogP contribution >= 0.6 is 0 Å². The molecule has 0 aromatic heterocycles. The van der Waals surface area contributed by atoms with Gasteiger partial charge in [-0.1, -0.05) is 0 Å². The molecule has 0 atom stereocenters. The van der Waals surface area contributed by atoms with E-state index in [9.17, 15) is 8.42 Å². The Balaban J connectivity index is 2.61. The Morgan fingerprint density at radius 3 is 2.36 bits per heavy atom. The average molecular weight is 372 g/mol. The molecule has 142 valence electrons. The van der Waals surface area contributed by atoms with Gasteiger partial charge in [0.1, 0.15) is 11.5 Å². The first-order chi connectivity index (χ1) is 11.6. The lowest BCUT2D eigenvalue weighted by atomic mass is 10.2. The highest BCUT2D eigenvalue weighted by atomic mass is 32.2. The molecule has 1 rings (SSSR count). The molecule has 0 spiro atoms. The molecule has 25 heavy (non-hydrogen) atoms. The van der Waals surface area contributed by atoms with Crippen molar-refractivity contribution < 1.29 is 17.9 Å². The van der Waals surface area contributed by atoms with Gasteiger partial charge in [0.2, 0.25) is 0 Å². The molecule has 0 aliphatic heterocycles. The monoisotopic (exact) mass is 371 g/mol. The van der Waals surface area contributed by atoms with E-state index in [0.717, 1.165) is 11.3 Å². The zero-order valence-electron chi connectivity index (χ0n) is 15.8. The Hall–Kier alpha value is -1.96. The summed E-state index contributed by atoms with van der Waals surface area (Å²) in [5, 5.41) is 6.17. The molecule has 0 fully saturated rings. The standard InChI is InChI=1S/C17H29N3O4S/c1-17(2,3)25(21,22)10-9-19-16(18-4)20-12-13-7-8-14(23-5)11-15(13)24-6/h7-8,11H,9-10,12H2,1-6H3,(H2,18,19,20). The maximum atomic E-state index is 12.1. The maximum absolute atomic E-state index is 12.1. The molecule has 0 saturated carbocycles. The summed E-state index contributed by atoms with van der Waals surface area (Å²) in [7, 11) is 1.67. The summed E-state index contributed by atoms with van der Waals surface area (Å²) in [6, 6.07) is 5.57. The minimum absolute atomic E-state index is 0.0447. The molecule has 1 aromatic rings. The van der Waals surface area contributed by atoms with Gasteiger partial charge < -0.3 is 20.1 Å². The topological polar surface area (TPSA) is 89.0 Å². The molecular weight excluding hydrogens is 342 g/mol. The maximum Gasteiger partial charge on any atom is 0.191 e. The highest BCUT2D eigenvalue weighted by Gasteiger charge is 2.28. The molecule has 1 aromatic carbocycles. The Labute approximate surface area is 150 Å². The van der Waals surface area contributed by atoms with E-state index in [-0.39, 0.29) is 5.75 Å². The molecule has 2 N–H and O–H groups in total. The third kappa shape index (κ3) is 6.12. The van der Waals surface area contributed by atoms with E-state index >= 15 is 0 Å². The van der Waals surface area contributed by atoms with E-state index in [4.69, 9.17) is 9.47 Å². The molecular formula is C17H29N3O4S. The molecule has 0 aliphatic carbocycles. The minimum Gasteiger partial charge on any atom is -0.497 e. The van der Waals surface area contributed by atoms with Crippen LogP contribution in [0.2, 0.25) is 0 Å². The summed E-state index contributed by atoms with van der Waals surface area (Å²) in [5.74, 6) is 2.00. The average Bonchev–Trinajstić information content (AvgIpc) is 2.56. The molecule has 8 heteroatoms. The second kappa shape index (κ2) is 8.94. The lowest BCUT2D eigenvalue weighted by Crippen LogP contribution is -2.41. The Morgan fingerprint density at radius 1 is 1.16 bits per heavy atom. The van der Waals surface area contributed by atoms with Crippen molar-refractivity contribution in [2.45, 2.75) is 32.1 Å². The van der Waals surface area contributed by atoms with Gasteiger partial charge in [-0.05, 0) is 32.9 Å². The smallest absolute Gasteiger partial charge is 0.191 e. The van der Waals surface area contributed by atoms with Crippen LogP contribution in [0.1, 0.15) is 26.3 Å². The number of aliphatic imine (C=N–C) groups is 1. The highest BCUT2D eigenvalue weighted by molar-refractivity contribution is 7.92. The third-order valence-corrected chi connectivity index (χ3v) is 6.37. The summed E-state index contributed by atoms with van der Waals surface area (Å²) in [4.78, 5) is 4.11.